The summed E-state index contributed by atoms with van der Waals surface area (Å²) in [6.45, 7) is 1.43. The Labute approximate surface area is 73.4 Å². The minimum atomic E-state index is -2.84. The molecular formula is C7H15NO3S. The molecule has 72 valence electrons. The van der Waals surface area contributed by atoms with Gasteiger partial charge in [-0.2, -0.15) is 5.06 Å². The summed E-state index contributed by atoms with van der Waals surface area (Å²) >= 11 is 0. The molecule has 1 aliphatic heterocycles. The largest absolute Gasteiger partial charge is 0.302 e. The van der Waals surface area contributed by atoms with E-state index in [4.69, 9.17) is 4.84 Å². The second kappa shape index (κ2) is 3.72. The fraction of sp³-hybridized carbons (Fsp3) is 1.00. The number of hydroxylamine groups is 2. The number of sulfone groups is 1. The zero-order valence-electron chi connectivity index (χ0n) is 7.49. The summed E-state index contributed by atoms with van der Waals surface area (Å²) in [5.74, 6) is 0. The Morgan fingerprint density at radius 2 is 1.83 bits per heavy atom. The van der Waals surface area contributed by atoms with Crippen molar-refractivity contribution in [1.29, 1.82) is 0 Å². The van der Waals surface area contributed by atoms with Crippen LogP contribution in [-0.2, 0) is 14.7 Å². The quantitative estimate of drug-likeness (QED) is 0.622. The Balaban J connectivity index is 2.47. The van der Waals surface area contributed by atoms with Crippen molar-refractivity contribution in [3.8, 4) is 0 Å². The van der Waals surface area contributed by atoms with E-state index < -0.39 is 9.84 Å². The third kappa shape index (κ3) is 2.43. The summed E-state index contributed by atoms with van der Waals surface area (Å²) in [4.78, 5) is 4.99. The predicted octanol–water partition coefficient (Wildman–Crippen LogP) is 0.0568. The van der Waals surface area contributed by atoms with Crippen LogP contribution in [0, 0.1) is 0 Å². The molecule has 12 heavy (non-hydrogen) atoms. The van der Waals surface area contributed by atoms with Crippen LogP contribution in [0.1, 0.15) is 12.8 Å². The highest BCUT2D eigenvalue weighted by Gasteiger charge is 2.26. The van der Waals surface area contributed by atoms with Gasteiger partial charge in [-0.3, -0.25) is 0 Å². The summed E-state index contributed by atoms with van der Waals surface area (Å²) in [5.41, 5.74) is 0. The van der Waals surface area contributed by atoms with Crippen LogP contribution < -0.4 is 0 Å². The molecule has 0 N–H and O–H groups in total. The first-order valence-electron chi connectivity index (χ1n) is 4.02. The fourth-order valence-electron chi connectivity index (χ4n) is 1.44. The van der Waals surface area contributed by atoms with Crippen molar-refractivity contribution < 1.29 is 13.3 Å². The average molecular weight is 193 g/mol. The van der Waals surface area contributed by atoms with Gasteiger partial charge in [-0.1, -0.05) is 0 Å². The second-order valence-corrected chi connectivity index (χ2v) is 5.47. The van der Waals surface area contributed by atoms with Crippen LogP contribution in [0.4, 0.5) is 0 Å². The second-order valence-electron chi connectivity index (χ2n) is 3.14. The van der Waals surface area contributed by atoms with Gasteiger partial charge in [-0.25, -0.2) is 8.42 Å². The van der Waals surface area contributed by atoms with Crippen molar-refractivity contribution in [3.05, 3.63) is 0 Å². The number of nitrogens with zero attached hydrogens (tertiary/aromatic N) is 1. The molecule has 5 heteroatoms. The first-order chi connectivity index (χ1) is 5.54. The number of rotatable bonds is 2. The van der Waals surface area contributed by atoms with Gasteiger partial charge in [0, 0.05) is 19.3 Å². The number of hydrogen-bond donors (Lipinski definition) is 0. The molecule has 4 nitrogen and oxygen atoms in total. The Bertz CT molecular complexity index is 229. The molecule has 0 atom stereocenters. The van der Waals surface area contributed by atoms with Crippen LogP contribution in [0.3, 0.4) is 0 Å². The van der Waals surface area contributed by atoms with Gasteiger partial charge in [0.1, 0.15) is 9.84 Å². The monoisotopic (exact) mass is 193 g/mol. The third-order valence-corrected chi connectivity index (χ3v) is 3.95. The lowest BCUT2D eigenvalue weighted by Crippen LogP contribution is -2.38. The van der Waals surface area contributed by atoms with E-state index in [2.05, 4.69) is 0 Å². The van der Waals surface area contributed by atoms with Crippen LogP contribution >= 0.6 is 0 Å². The van der Waals surface area contributed by atoms with Gasteiger partial charge < -0.3 is 4.84 Å². The van der Waals surface area contributed by atoms with Crippen molar-refractivity contribution in [2.24, 2.45) is 0 Å². The number of piperidine rings is 1. The van der Waals surface area contributed by atoms with Crippen molar-refractivity contribution in [3.63, 3.8) is 0 Å². The minimum Gasteiger partial charge on any atom is -0.302 e. The van der Waals surface area contributed by atoms with Crippen molar-refractivity contribution in [1.82, 2.24) is 5.06 Å². The molecule has 0 aliphatic carbocycles. The number of hydrogen-bond acceptors (Lipinski definition) is 4. The molecule has 0 unspecified atom stereocenters. The molecule has 1 aliphatic rings. The zero-order valence-corrected chi connectivity index (χ0v) is 8.30. The molecule has 0 amide bonds. The minimum absolute atomic E-state index is 0.163. The summed E-state index contributed by atoms with van der Waals surface area (Å²) in [6.07, 6.45) is 2.68. The molecule has 0 aromatic heterocycles. The van der Waals surface area contributed by atoms with E-state index in [-0.39, 0.29) is 5.25 Å². The van der Waals surface area contributed by atoms with Gasteiger partial charge in [0.2, 0.25) is 0 Å². The Kier molecular flexibility index (Phi) is 3.09. The molecule has 0 saturated carbocycles. The summed E-state index contributed by atoms with van der Waals surface area (Å²) < 4.78 is 22.2. The molecule has 1 rings (SSSR count). The highest BCUT2D eigenvalue weighted by atomic mass is 32.2. The third-order valence-electron chi connectivity index (χ3n) is 2.26. The average Bonchev–Trinajstić information content (AvgIpc) is 2.03. The standard InChI is InChI=1S/C7H15NO3S/c1-11-8-5-3-7(4-6-8)12(2,9)10/h7H,3-6H2,1-2H3. The van der Waals surface area contributed by atoms with E-state index in [9.17, 15) is 8.42 Å². The van der Waals surface area contributed by atoms with Crippen LogP contribution in [0.2, 0.25) is 0 Å². The fourth-order valence-corrected chi connectivity index (χ4v) is 2.51. The van der Waals surface area contributed by atoms with Gasteiger partial charge in [-0.15, -0.1) is 0 Å². The summed E-state index contributed by atoms with van der Waals surface area (Å²) in [5, 5.41) is 1.63. The smallest absolute Gasteiger partial charge is 0.150 e. The van der Waals surface area contributed by atoms with E-state index in [0.717, 1.165) is 0 Å². The Morgan fingerprint density at radius 3 is 2.17 bits per heavy atom. The Hall–Kier alpha value is -0.130. The lowest BCUT2D eigenvalue weighted by molar-refractivity contribution is -0.140. The van der Waals surface area contributed by atoms with Gasteiger partial charge in [-0.05, 0) is 12.8 Å². The van der Waals surface area contributed by atoms with Crippen molar-refractivity contribution in [2.75, 3.05) is 26.5 Å². The van der Waals surface area contributed by atoms with Crippen molar-refractivity contribution in [2.45, 2.75) is 18.1 Å². The first-order valence-corrected chi connectivity index (χ1v) is 5.97. The van der Waals surface area contributed by atoms with Gasteiger partial charge in [0.15, 0.2) is 0 Å². The van der Waals surface area contributed by atoms with Gasteiger partial charge in [0.05, 0.1) is 12.4 Å². The van der Waals surface area contributed by atoms with Gasteiger partial charge in [0.25, 0.3) is 0 Å². The lowest BCUT2D eigenvalue weighted by Gasteiger charge is -2.28. The molecular weight excluding hydrogens is 178 g/mol. The molecule has 0 aromatic carbocycles. The highest BCUT2D eigenvalue weighted by molar-refractivity contribution is 7.91. The molecule has 0 bridgehead atoms. The highest BCUT2D eigenvalue weighted by Crippen LogP contribution is 2.16. The first kappa shape index (κ1) is 9.95. The maximum atomic E-state index is 11.1. The predicted molar refractivity (Wildman–Crippen MR) is 46.4 cm³/mol. The van der Waals surface area contributed by atoms with Gasteiger partial charge >= 0.3 is 0 Å². The van der Waals surface area contributed by atoms with Crippen LogP contribution in [-0.4, -0.2) is 45.2 Å². The molecule has 0 radical (unpaired) electrons. The topological polar surface area (TPSA) is 46.6 Å². The van der Waals surface area contributed by atoms with E-state index in [1.165, 1.54) is 6.26 Å². The lowest BCUT2D eigenvalue weighted by atomic mass is 10.2. The van der Waals surface area contributed by atoms with E-state index in [0.29, 0.717) is 25.9 Å². The Morgan fingerprint density at radius 1 is 1.33 bits per heavy atom. The summed E-state index contributed by atoms with van der Waals surface area (Å²) in [6, 6.07) is 0. The summed E-state index contributed by atoms with van der Waals surface area (Å²) in [7, 11) is -1.23. The zero-order chi connectivity index (χ0) is 9.19. The van der Waals surface area contributed by atoms with E-state index >= 15 is 0 Å². The van der Waals surface area contributed by atoms with E-state index in [1.54, 1.807) is 12.2 Å². The molecule has 1 heterocycles. The van der Waals surface area contributed by atoms with Crippen LogP contribution in [0.25, 0.3) is 0 Å². The van der Waals surface area contributed by atoms with E-state index in [1.807, 2.05) is 0 Å². The normalized spacial score (nSPS) is 22.8. The van der Waals surface area contributed by atoms with Crippen LogP contribution in [0.15, 0.2) is 0 Å². The van der Waals surface area contributed by atoms with Crippen molar-refractivity contribution >= 4 is 9.84 Å². The molecule has 1 saturated heterocycles. The molecule has 0 spiro atoms. The molecule has 1 fully saturated rings. The maximum Gasteiger partial charge on any atom is 0.150 e. The maximum absolute atomic E-state index is 11.1. The molecule has 0 aromatic rings. The SMILES string of the molecule is CON1CCC(S(C)(=O)=O)CC1. The van der Waals surface area contributed by atoms with Crippen LogP contribution in [0.5, 0.6) is 0 Å².